The summed E-state index contributed by atoms with van der Waals surface area (Å²) < 4.78 is 11.8. The number of fused-ring (bicyclic) bond motifs is 1. The summed E-state index contributed by atoms with van der Waals surface area (Å²) in [7, 11) is 0. The summed E-state index contributed by atoms with van der Waals surface area (Å²) in [4.78, 5) is 0. The first kappa shape index (κ1) is 20.1. The largest absolute Gasteiger partial charge is 0.494 e. The van der Waals surface area contributed by atoms with Gasteiger partial charge in [-0.1, -0.05) is 67.1 Å². The summed E-state index contributed by atoms with van der Waals surface area (Å²) in [6, 6.07) is 10.5. The van der Waals surface area contributed by atoms with Crippen LogP contribution >= 0.6 is 15.9 Å². The van der Waals surface area contributed by atoms with Gasteiger partial charge in [0.1, 0.15) is 11.5 Å². The van der Waals surface area contributed by atoms with Crippen molar-refractivity contribution < 1.29 is 9.47 Å². The fourth-order valence-corrected chi connectivity index (χ4v) is 3.23. The van der Waals surface area contributed by atoms with Crippen LogP contribution < -0.4 is 9.47 Å². The van der Waals surface area contributed by atoms with E-state index in [1.54, 1.807) is 0 Å². The van der Waals surface area contributed by atoms with Gasteiger partial charge in [0.05, 0.1) is 13.2 Å². The summed E-state index contributed by atoms with van der Waals surface area (Å²) in [5, 5.41) is 3.42. The molecule has 0 aliphatic heterocycles. The van der Waals surface area contributed by atoms with E-state index in [0.717, 1.165) is 42.9 Å². The Labute approximate surface area is 161 Å². The minimum absolute atomic E-state index is 0.745. The highest BCUT2D eigenvalue weighted by Gasteiger charge is 2.06. The molecule has 0 aromatic heterocycles. The van der Waals surface area contributed by atoms with Gasteiger partial charge in [0, 0.05) is 5.33 Å². The van der Waals surface area contributed by atoms with Crippen LogP contribution in [0.4, 0.5) is 0 Å². The maximum atomic E-state index is 6.02. The van der Waals surface area contributed by atoms with Crippen molar-refractivity contribution in [2.24, 2.45) is 0 Å². The number of hydrogen-bond acceptors (Lipinski definition) is 2. The highest BCUT2D eigenvalue weighted by atomic mass is 79.9. The van der Waals surface area contributed by atoms with Crippen molar-refractivity contribution >= 4 is 26.7 Å². The zero-order chi connectivity index (χ0) is 17.9. The second kappa shape index (κ2) is 11.4. The molecule has 0 fully saturated rings. The lowest BCUT2D eigenvalue weighted by Gasteiger charge is -2.13. The fourth-order valence-electron chi connectivity index (χ4n) is 3.00. The van der Waals surface area contributed by atoms with Gasteiger partial charge in [0.15, 0.2) is 0 Å². The lowest BCUT2D eigenvalue weighted by Crippen LogP contribution is -2.00. The lowest BCUT2D eigenvalue weighted by molar-refractivity contribution is 0.303. The van der Waals surface area contributed by atoms with Gasteiger partial charge in [-0.2, -0.15) is 0 Å². The van der Waals surface area contributed by atoms with E-state index in [0.29, 0.717) is 0 Å². The number of alkyl halides is 1. The zero-order valence-electron chi connectivity index (χ0n) is 15.7. The van der Waals surface area contributed by atoms with Crippen molar-refractivity contribution in [1.29, 1.82) is 0 Å². The predicted octanol–water partition coefficient (Wildman–Crippen LogP) is 7.05. The summed E-state index contributed by atoms with van der Waals surface area (Å²) in [6.07, 6.45) is 8.76. The predicted molar refractivity (Wildman–Crippen MR) is 111 cm³/mol. The molecule has 0 amide bonds. The van der Waals surface area contributed by atoms with Crippen LogP contribution in [0.15, 0.2) is 30.3 Å². The fraction of sp³-hybridized carbons (Fsp3) is 0.545. The van der Waals surface area contributed by atoms with Crippen molar-refractivity contribution in [1.82, 2.24) is 0 Å². The number of unbranched alkanes of at least 4 members (excludes halogenated alkanes) is 5. The number of benzene rings is 2. The molecule has 0 N–H and O–H groups in total. The molecule has 0 atom stereocenters. The van der Waals surface area contributed by atoms with Gasteiger partial charge in [0.2, 0.25) is 0 Å². The van der Waals surface area contributed by atoms with E-state index in [9.17, 15) is 0 Å². The number of halogens is 1. The SMILES string of the molecule is CCCCCCCCOc1ccc2cc(OCCCBr)ccc2c1C. The van der Waals surface area contributed by atoms with Crippen LogP contribution in [0.1, 0.15) is 57.4 Å². The van der Waals surface area contributed by atoms with Gasteiger partial charge < -0.3 is 9.47 Å². The van der Waals surface area contributed by atoms with Crippen LogP contribution in [0.2, 0.25) is 0 Å². The molecule has 0 aliphatic carbocycles. The van der Waals surface area contributed by atoms with Gasteiger partial charge in [0.25, 0.3) is 0 Å². The van der Waals surface area contributed by atoms with Crippen LogP contribution in [0.25, 0.3) is 10.8 Å². The third-order valence-corrected chi connectivity index (χ3v) is 5.07. The van der Waals surface area contributed by atoms with Crippen molar-refractivity contribution in [2.75, 3.05) is 18.5 Å². The summed E-state index contributed by atoms with van der Waals surface area (Å²) in [6.45, 7) is 5.95. The Bertz CT molecular complexity index is 639. The Balaban J connectivity index is 1.89. The smallest absolute Gasteiger partial charge is 0.122 e. The Hall–Kier alpha value is -1.22. The van der Waals surface area contributed by atoms with E-state index < -0.39 is 0 Å². The van der Waals surface area contributed by atoms with Crippen LogP contribution in [-0.2, 0) is 0 Å². The molecule has 0 spiro atoms. The van der Waals surface area contributed by atoms with Crippen LogP contribution in [0.3, 0.4) is 0 Å². The standard InChI is InChI=1S/C22H31BrO2/c1-3-4-5-6-7-8-15-25-22-13-10-19-17-20(24-16-9-14-23)11-12-21(19)18(22)2/h10-13,17H,3-9,14-16H2,1-2H3. The minimum atomic E-state index is 0.745. The second-order valence-corrected chi connectivity index (χ2v) is 7.37. The topological polar surface area (TPSA) is 18.5 Å². The molecule has 0 aliphatic rings. The van der Waals surface area contributed by atoms with E-state index in [2.05, 4.69) is 60.1 Å². The molecule has 2 nitrogen and oxygen atoms in total. The summed E-state index contributed by atoms with van der Waals surface area (Å²) >= 11 is 3.43. The monoisotopic (exact) mass is 406 g/mol. The van der Waals surface area contributed by atoms with Crippen molar-refractivity contribution in [3.8, 4) is 11.5 Å². The molecular weight excluding hydrogens is 376 g/mol. The van der Waals surface area contributed by atoms with Crippen LogP contribution in [-0.4, -0.2) is 18.5 Å². The van der Waals surface area contributed by atoms with Gasteiger partial charge in [-0.15, -0.1) is 0 Å². The third-order valence-electron chi connectivity index (χ3n) is 4.51. The van der Waals surface area contributed by atoms with Crippen molar-refractivity contribution in [2.45, 2.75) is 58.8 Å². The molecule has 0 saturated carbocycles. The first-order valence-corrected chi connectivity index (χ1v) is 10.7. The van der Waals surface area contributed by atoms with Crippen LogP contribution in [0, 0.1) is 6.92 Å². The van der Waals surface area contributed by atoms with E-state index >= 15 is 0 Å². The molecule has 2 aromatic rings. The molecule has 2 rings (SSSR count). The van der Waals surface area contributed by atoms with Gasteiger partial charge in [-0.05, 0) is 54.3 Å². The van der Waals surface area contributed by atoms with Crippen molar-refractivity contribution in [3.63, 3.8) is 0 Å². The highest BCUT2D eigenvalue weighted by Crippen LogP contribution is 2.30. The Morgan fingerprint density at radius 1 is 0.840 bits per heavy atom. The first-order chi connectivity index (χ1) is 12.3. The quantitative estimate of drug-likeness (QED) is 0.277. The van der Waals surface area contributed by atoms with Gasteiger partial charge >= 0.3 is 0 Å². The maximum Gasteiger partial charge on any atom is 0.122 e. The maximum absolute atomic E-state index is 6.02. The Morgan fingerprint density at radius 2 is 1.60 bits per heavy atom. The van der Waals surface area contributed by atoms with Crippen molar-refractivity contribution in [3.05, 3.63) is 35.9 Å². The molecule has 0 bridgehead atoms. The second-order valence-electron chi connectivity index (χ2n) is 6.58. The highest BCUT2D eigenvalue weighted by molar-refractivity contribution is 9.09. The molecule has 2 aromatic carbocycles. The summed E-state index contributed by atoms with van der Waals surface area (Å²) in [5.74, 6) is 1.95. The number of aryl methyl sites for hydroxylation is 1. The van der Waals surface area contributed by atoms with E-state index in [4.69, 9.17) is 9.47 Å². The van der Waals surface area contributed by atoms with Crippen LogP contribution in [0.5, 0.6) is 11.5 Å². The molecule has 0 saturated heterocycles. The molecule has 25 heavy (non-hydrogen) atoms. The molecular formula is C22H31BrO2. The van der Waals surface area contributed by atoms with Gasteiger partial charge in [-0.25, -0.2) is 0 Å². The average Bonchev–Trinajstić information content (AvgIpc) is 2.63. The summed E-state index contributed by atoms with van der Waals surface area (Å²) in [5.41, 5.74) is 1.22. The lowest BCUT2D eigenvalue weighted by atomic mass is 10.0. The molecule has 0 radical (unpaired) electrons. The number of hydrogen-bond donors (Lipinski definition) is 0. The molecule has 0 unspecified atom stereocenters. The van der Waals surface area contributed by atoms with Gasteiger partial charge in [-0.3, -0.25) is 0 Å². The Kier molecular flexibility index (Phi) is 9.17. The number of ether oxygens (including phenoxy) is 2. The Morgan fingerprint density at radius 3 is 2.40 bits per heavy atom. The minimum Gasteiger partial charge on any atom is -0.494 e. The van der Waals surface area contributed by atoms with E-state index in [1.165, 1.54) is 48.4 Å². The molecule has 3 heteroatoms. The average molecular weight is 407 g/mol. The first-order valence-electron chi connectivity index (χ1n) is 9.61. The third kappa shape index (κ3) is 6.54. The van der Waals surface area contributed by atoms with E-state index in [1.807, 2.05) is 0 Å². The molecule has 0 heterocycles. The number of rotatable bonds is 12. The normalized spacial score (nSPS) is 11.0. The molecule has 138 valence electrons. The zero-order valence-corrected chi connectivity index (χ0v) is 17.2. The van der Waals surface area contributed by atoms with E-state index in [-0.39, 0.29) is 0 Å².